The molecule has 0 spiro atoms. The zero-order chi connectivity index (χ0) is 17.5. The van der Waals surface area contributed by atoms with Gasteiger partial charge in [0, 0.05) is 19.6 Å². The first-order chi connectivity index (χ1) is 10.8. The minimum absolute atomic E-state index is 0.486. The third-order valence-corrected chi connectivity index (χ3v) is 5.26. The highest BCUT2D eigenvalue weighted by Crippen LogP contribution is 2.37. The van der Waals surface area contributed by atoms with Crippen LogP contribution in [-0.4, -0.2) is 52.8 Å². The largest absolute Gasteiger partial charge is 0.493 e. The van der Waals surface area contributed by atoms with Crippen molar-refractivity contribution in [2.75, 3.05) is 40.1 Å². The molecular formula is C15H25ClN2O4S. The van der Waals surface area contributed by atoms with E-state index in [-0.39, 0.29) is 0 Å². The summed E-state index contributed by atoms with van der Waals surface area (Å²) in [5.74, 6) is 1.11. The molecule has 1 rings (SSSR count). The fraction of sp³-hybridized carbons (Fsp3) is 0.600. The van der Waals surface area contributed by atoms with Crippen LogP contribution >= 0.6 is 11.6 Å². The molecule has 8 heteroatoms. The standard InChI is InChI=1S/C15H25ClN2O4S/c1-5-18(23(4,19)20)10-6-9-17-11-12-7-8-13(21-2)15(22-3)14(12)16/h7-8,17H,5-6,9-11H2,1-4H3. The van der Waals surface area contributed by atoms with Gasteiger partial charge in [-0.25, -0.2) is 12.7 Å². The summed E-state index contributed by atoms with van der Waals surface area (Å²) >= 11 is 6.31. The summed E-state index contributed by atoms with van der Waals surface area (Å²) in [7, 11) is -0.0138. The fourth-order valence-corrected chi connectivity index (χ4v) is 3.46. The number of nitrogens with one attached hydrogen (secondary N) is 1. The van der Waals surface area contributed by atoms with Crippen molar-refractivity contribution in [2.45, 2.75) is 19.9 Å². The van der Waals surface area contributed by atoms with Gasteiger partial charge in [-0.3, -0.25) is 0 Å². The predicted molar refractivity (Wildman–Crippen MR) is 93.0 cm³/mol. The van der Waals surface area contributed by atoms with Crippen molar-refractivity contribution in [1.82, 2.24) is 9.62 Å². The van der Waals surface area contributed by atoms with Gasteiger partial charge >= 0.3 is 0 Å². The first-order valence-corrected chi connectivity index (χ1v) is 9.63. The molecule has 0 aromatic heterocycles. The Balaban J connectivity index is 2.51. The second-order valence-corrected chi connectivity index (χ2v) is 7.42. The number of hydrogen-bond acceptors (Lipinski definition) is 5. The highest BCUT2D eigenvalue weighted by Gasteiger charge is 2.14. The second-order valence-electron chi connectivity index (χ2n) is 5.06. The van der Waals surface area contributed by atoms with E-state index in [0.29, 0.717) is 42.7 Å². The van der Waals surface area contributed by atoms with E-state index in [2.05, 4.69) is 5.32 Å². The van der Waals surface area contributed by atoms with Gasteiger partial charge < -0.3 is 14.8 Å². The first-order valence-electron chi connectivity index (χ1n) is 7.40. The fourth-order valence-electron chi connectivity index (χ4n) is 2.23. The van der Waals surface area contributed by atoms with E-state index in [1.54, 1.807) is 14.2 Å². The summed E-state index contributed by atoms with van der Waals surface area (Å²) in [5, 5.41) is 3.78. The third-order valence-electron chi connectivity index (χ3n) is 3.46. The van der Waals surface area contributed by atoms with Gasteiger partial charge in [-0.05, 0) is 24.6 Å². The van der Waals surface area contributed by atoms with Gasteiger partial charge in [-0.2, -0.15) is 0 Å². The van der Waals surface area contributed by atoms with E-state index >= 15 is 0 Å². The first kappa shape index (κ1) is 20.0. The van der Waals surface area contributed by atoms with Crippen molar-refractivity contribution >= 4 is 21.6 Å². The molecule has 0 unspecified atom stereocenters. The van der Waals surface area contributed by atoms with E-state index < -0.39 is 10.0 Å². The van der Waals surface area contributed by atoms with Gasteiger partial charge in [0.25, 0.3) is 0 Å². The van der Waals surface area contributed by atoms with Gasteiger partial charge in [0.1, 0.15) is 0 Å². The number of rotatable bonds is 10. The lowest BCUT2D eigenvalue weighted by Crippen LogP contribution is -2.32. The van der Waals surface area contributed by atoms with Crippen molar-refractivity contribution in [3.05, 3.63) is 22.7 Å². The summed E-state index contributed by atoms with van der Waals surface area (Å²) in [4.78, 5) is 0. The zero-order valence-electron chi connectivity index (χ0n) is 14.1. The average molecular weight is 365 g/mol. The highest BCUT2D eigenvalue weighted by atomic mass is 35.5. The summed E-state index contributed by atoms with van der Waals surface area (Å²) < 4.78 is 34.9. The molecule has 0 saturated carbocycles. The Morgan fingerprint density at radius 1 is 1.26 bits per heavy atom. The number of sulfonamides is 1. The molecule has 23 heavy (non-hydrogen) atoms. The Morgan fingerprint density at radius 2 is 1.96 bits per heavy atom. The van der Waals surface area contributed by atoms with E-state index in [1.165, 1.54) is 10.6 Å². The molecule has 1 N–H and O–H groups in total. The lowest BCUT2D eigenvalue weighted by Gasteiger charge is -2.18. The van der Waals surface area contributed by atoms with Gasteiger partial charge in [-0.15, -0.1) is 0 Å². The van der Waals surface area contributed by atoms with Crippen LogP contribution in [0.15, 0.2) is 12.1 Å². The van der Waals surface area contributed by atoms with Crippen molar-refractivity contribution < 1.29 is 17.9 Å². The van der Waals surface area contributed by atoms with Crippen LogP contribution in [0.4, 0.5) is 0 Å². The molecule has 1 aromatic rings. The molecule has 0 radical (unpaired) electrons. The van der Waals surface area contributed by atoms with E-state index in [1.807, 2.05) is 19.1 Å². The molecule has 0 aliphatic carbocycles. The maximum absolute atomic E-state index is 11.5. The Labute approximate surface area is 143 Å². The second kappa shape index (κ2) is 9.32. The number of ether oxygens (including phenoxy) is 2. The maximum atomic E-state index is 11.5. The number of nitrogens with zero attached hydrogens (tertiary/aromatic N) is 1. The maximum Gasteiger partial charge on any atom is 0.211 e. The third kappa shape index (κ3) is 5.84. The van der Waals surface area contributed by atoms with Gasteiger partial charge in [0.05, 0.1) is 25.5 Å². The topological polar surface area (TPSA) is 67.9 Å². The molecule has 132 valence electrons. The average Bonchev–Trinajstić information content (AvgIpc) is 2.50. The number of hydrogen-bond donors (Lipinski definition) is 1. The molecule has 6 nitrogen and oxygen atoms in total. The normalized spacial score (nSPS) is 11.7. The summed E-state index contributed by atoms with van der Waals surface area (Å²) in [6.07, 6.45) is 1.96. The zero-order valence-corrected chi connectivity index (χ0v) is 15.6. The van der Waals surface area contributed by atoms with Crippen molar-refractivity contribution in [3.8, 4) is 11.5 Å². The van der Waals surface area contributed by atoms with Crippen molar-refractivity contribution in [1.29, 1.82) is 0 Å². The SMILES string of the molecule is CCN(CCCNCc1ccc(OC)c(OC)c1Cl)S(C)(=O)=O. The summed E-state index contributed by atoms with van der Waals surface area (Å²) in [6.45, 7) is 4.08. The van der Waals surface area contributed by atoms with Crippen molar-refractivity contribution in [2.24, 2.45) is 0 Å². The Hall–Kier alpha value is -1.02. The molecule has 0 fully saturated rings. The van der Waals surface area contributed by atoms with Crippen LogP contribution in [0.1, 0.15) is 18.9 Å². The molecule has 0 atom stereocenters. The van der Waals surface area contributed by atoms with Crippen LogP contribution in [0.2, 0.25) is 5.02 Å². The Morgan fingerprint density at radius 3 is 2.48 bits per heavy atom. The van der Waals surface area contributed by atoms with Crippen LogP contribution in [0, 0.1) is 0 Å². The number of methoxy groups -OCH3 is 2. The van der Waals surface area contributed by atoms with Crippen LogP contribution in [0.25, 0.3) is 0 Å². The van der Waals surface area contributed by atoms with Crippen LogP contribution in [-0.2, 0) is 16.6 Å². The van der Waals surface area contributed by atoms with E-state index in [9.17, 15) is 8.42 Å². The van der Waals surface area contributed by atoms with E-state index in [4.69, 9.17) is 21.1 Å². The minimum Gasteiger partial charge on any atom is -0.493 e. The molecule has 0 saturated heterocycles. The quantitative estimate of drug-likeness (QED) is 0.644. The summed E-state index contributed by atoms with van der Waals surface area (Å²) in [6, 6.07) is 3.69. The number of halogens is 1. The molecule has 0 aliphatic heterocycles. The molecule has 0 amide bonds. The van der Waals surface area contributed by atoms with Crippen LogP contribution in [0.5, 0.6) is 11.5 Å². The van der Waals surface area contributed by atoms with Gasteiger partial charge in [0.2, 0.25) is 10.0 Å². The molecule has 1 aromatic carbocycles. The van der Waals surface area contributed by atoms with Gasteiger partial charge in [-0.1, -0.05) is 24.6 Å². The molecule has 0 heterocycles. The smallest absolute Gasteiger partial charge is 0.211 e. The molecule has 0 bridgehead atoms. The number of benzene rings is 1. The lowest BCUT2D eigenvalue weighted by molar-refractivity contribution is 0.354. The van der Waals surface area contributed by atoms with E-state index in [0.717, 1.165) is 12.0 Å². The van der Waals surface area contributed by atoms with Crippen LogP contribution in [0.3, 0.4) is 0 Å². The van der Waals surface area contributed by atoms with Gasteiger partial charge in [0.15, 0.2) is 11.5 Å². The predicted octanol–water partition coefficient (Wildman–Crippen LogP) is 2.12. The Kier molecular flexibility index (Phi) is 8.11. The van der Waals surface area contributed by atoms with Crippen molar-refractivity contribution in [3.63, 3.8) is 0 Å². The molecule has 0 aliphatic rings. The van der Waals surface area contributed by atoms with Crippen LogP contribution < -0.4 is 14.8 Å². The minimum atomic E-state index is -3.12. The lowest BCUT2D eigenvalue weighted by atomic mass is 10.2. The summed E-state index contributed by atoms with van der Waals surface area (Å²) in [5.41, 5.74) is 0.903. The molecular weight excluding hydrogens is 340 g/mol. The monoisotopic (exact) mass is 364 g/mol. The highest BCUT2D eigenvalue weighted by molar-refractivity contribution is 7.88. The Bertz CT molecular complexity index is 608.